The van der Waals surface area contributed by atoms with E-state index in [-0.39, 0.29) is 31.8 Å². The van der Waals surface area contributed by atoms with E-state index in [2.05, 4.69) is 15.5 Å². The summed E-state index contributed by atoms with van der Waals surface area (Å²) < 4.78 is 40.5. The van der Waals surface area contributed by atoms with Gasteiger partial charge in [0.05, 0.1) is 18.0 Å². The van der Waals surface area contributed by atoms with Gasteiger partial charge in [-0.25, -0.2) is 0 Å². The lowest BCUT2D eigenvalue weighted by Gasteiger charge is -2.26. The predicted octanol–water partition coefficient (Wildman–Crippen LogP) is 3.44. The molecule has 5 nitrogen and oxygen atoms in total. The van der Waals surface area contributed by atoms with E-state index in [4.69, 9.17) is 0 Å². The van der Waals surface area contributed by atoms with Gasteiger partial charge in [-0.15, -0.1) is 22.0 Å². The zero-order valence-corrected chi connectivity index (χ0v) is 15.0. The number of hydrogen-bond acceptors (Lipinski definition) is 4. The van der Waals surface area contributed by atoms with Gasteiger partial charge in [0.2, 0.25) is 0 Å². The molecule has 0 spiro atoms. The Morgan fingerprint density at radius 1 is 1.35 bits per heavy atom. The van der Waals surface area contributed by atoms with Crippen molar-refractivity contribution >= 4 is 17.7 Å². The summed E-state index contributed by atoms with van der Waals surface area (Å²) in [5.74, 6) is 0.0460. The molecule has 26 heavy (non-hydrogen) atoms. The number of nitrogens with zero attached hydrogens (tertiary/aromatic N) is 3. The molecule has 1 N–H and O–H groups in total. The lowest BCUT2D eigenvalue weighted by atomic mass is 9.99. The predicted molar refractivity (Wildman–Crippen MR) is 91.9 cm³/mol. The van der Waals surface area contributed by atoms with Crippen molar-refractivity contribution in [3.63, 3.8) is 0 Å². The number of amides is 1. The first-order valence-corrected chi connectivity index (χ1v) is 9.36. The maximum atomic E-state index is 13.0. The summed E-state index contributed by atoms with van der Waals surface area (Å²) in [7, 11) is 0. The van der Waals surface area contributed by atoms with Gasteiger partial charge in [-0.1, -0.05) is 19.1 Å². The molecule has 0 saturated carbocycles. The molecule has 1 aromatic carbocycles. The Labute approximate surface area is 153 Å². The van der Waals surface area contributed by atoms with E-state index in [0.29, 0.717) is 17.2 Å². The van der Waals surface area contributed by atoms with Crippen LogP contribution in [0.1, 0.15) is 35.4 Å². The molecule has 0 fully saturated rings. The molecule has 1 amide bonds. The van der Waals surface area contributed by atoms with Crippen LogP contribution in [-0.4, -0.2) is 32.6 Å². The summed E-state index contributed by atoms with van der Waals surface area (Å²) in [6, 6.07) is 7.24. The van der Waals surface area contributed by atoms with E-state index >= 15 is 0 Å². The van der Waals surface area contributed by atoms with Crippen LogP contribution in [0.5, 0.6) is 0 Å². The van der Waals surface area contributed by atoms with Crippen molar-refractivity contribution in [2.45, 2.75) is 43.9 Å². The highest BCUT2D eigenvalue weighted by Gasteiger charge is 2.42. The molecule has 1 aromatic heterocycles. The van der Waals surface area contributed by atoms with Gasteiger partial charge in [-0.05, 0) is 24.3 Å². The van der Waals surface area contributed by atoms with Crippen molar-refractivity contribution in [2.24, 2.45) is 5.92 Å². The molecular formula is C17H19F3N4OS. The number of aryl methyl sites for hydroxylation is 1. The maximum absolute atomic E-state index is 13.0. The molecule has 0 bridgehead atoms. The van der Waals surface area contributed by atoms with Gasteiger partial charge in [-0.3, -0.25) is 4.79 Å². The van der Waals surface area contributed by atoms with Crippen LogP contribution in [0.25, 0.3) is 0 Å². The quantitative estimate of drug-likeness (QED) is 0.803. The number of hydrogen-bond donors (Lipinski definition) is 1. The van der Waals surface area contributed by atoms with Gasteiger partial charge in [0, 0.05) is 17.9 Å². The van der Waals surface area contributed by atoms with Crippen molar-refractivity contribution in [3.8, 4) is 0 Å². The summed E-state index contributed by atoms with van der Waals surface area (Å²) in [5, 5.41) is 10.7. The molecule has 2 aromatic rings. The Morgan fingerprint density at radius 2 is 2.12 bits per heavy atom. The number of rotatable bonds is 5. The van der Waals surface area contributed by atoms with Gasteiger partial charge in [-0.2, -0.15) is 13.2 Å². The van der Waals surface area contributed by atoms with E-state index in [1.807, 2.05) is 19.1 Å². The van der Waals surface area contributed by atoms with E-state index in [9.17, 15) is 18.0 Å². The minimum Gasteiger partial charge on any atom is -0.345 e. The van der Waals surface area contributed by atoms with Crippen LogP contribution in [0.15, 0.2) is 29.2 Å². The van der Waals surface area contributed by atoms with Crippen molar-refractivity contribution in [2.75, 3.05) is 5.75 Å². The average molecular weight is 384 g/mol. The number of halogens is 3. The Balaban J connectivity index is 1.70. The fraction of sp³-hybridized carbons (Fsp3) is 0.471. The first-order valence-electron chi connectivity index (χ1n) is 8.37. The van der Waals surface area contributed by atoms with Crippen molar-refractivity contribution < 1.29 is 18.0 Å². The van der Waals surface area contributed by atoms with E-state index < -0.39 is 12.1 Å². The molecular weight excluding hydrogens is 365 g/mol. The monoisotopic (exact) mass is 384 g/mol. The second-order valence-corrected chi connectivity index (χ2v) is 7.34. The van der Waals surface area contributed by atoms with Crippen LogP contribution >= 0.6 is 11.8 Å². The third-order valence-corrected chi connectivity index (χ3v) is 5.28. The van der Waals surface area contributed by atoms with Crippen molar-refractivity contribution in [1.29, 1.82) is 0 Å². The van der Waals surface area contributed by atoms with Crippen molar-refractivity contribution in [3.05, 3.63) is 41.5 Å². The van der Waals surface area contributed by atoms with Crippen molar-refractivity contribution in [1.82, 2.24) is 20.1 Å². The number of fused-ring (bicyclic) bond motifs is 1. The molecule has 9 heteroatoms. The second-order valence-electron chi connectivity index (χ2n) is 6.03. The third-order valence-electron chi connectivity index (χ3n) is 4.32. The molecule has 0 unspecified atom stereocenters. The number of nitrogens with one attached hydrogen (secondary N) is 1. The number of aromatic nitrogens is 3. The first-order chi connectivity index (χ1) is 12.4. The number of thioether (sulfide) groups is 1. The first kappa shape index (κ1) is 18.8. The molecule has 2 heterocycles. The van der Waals surface area contributed by atoms with Gasteiger partial charge in [0.15, 0.2) is 5.82 Å². The van der Waals surface area contributed by atoms with Crippen LogP contribution < -0.4 is 5.32 Å². The highest BCUT2D eigenvalue weighted by atomic mass is 32.2. The summed E-state index contributed by atoms with van der Waals surface area (Å²) in [5.41, 5.74) is 0.547. The molecule has 0 radical (unpaired) electrons. The maximum Gasteiger partial charge on any atom is 0.393 e. The van der Waals surface area contributed by atoms with Gasteiger partial charge in [0.1, 0.15) is 5.82 Å². The minimum absolute atomic E-state index is 0.0234. The molecule has 3 rings (SSSR count). The van der Waals surface area contributed by atoms with E-state index in [1.165, 1.54) is 4.57 Å². The lowest BCUT2D eigenvalue weighted by Crippen LogP contribution is -2.34. The second kappa shape index (κ2) is 7.69. The number of carbonyl (C=O) groups excluding carboxylic acids is 1. The number of carbonyl (C=O) groups is 1. The highest BCUT2D eigenvalue weighted by molar-refractivity contribution is 7.99. The Kier molecular flexibility index (Phi) is 5.55. The molecule has 1 aliphatic rings. The molecule has 1 atom stereocenters. The smallest absolute Gasteiger partial charge is 0.345 e. The van der Waals surface area contributed by atoms with Crippen LogP contribution in [0.4, 0.5) is 13.2 Å². The molecule has 140 valence electrons. The topological polar surface area (TPSA) is 59.8 Å². The minimum atomic E-state index is -4.24. The lowest BCUT2D eigenvalue weighted by molar-refractivity contribution is -0.182. The van der Waals surface area contributed by atoms with Crippen LogP contribution in [0.3, 0.4) is 0 Å². The molecule has 1 aliphatic heterocycles. The third kappa shape index (κ3) is 4.03. The zero-order chi connectivity index (χ0) is 18.7. The Hall–Kier alpha value is -2.03. The summed E-state index contributed by atoms with van der Waals surface area (Å²) in [6.45, 7) is 1.85. The standard InChI is InChI=1S/C17H19F3N4OS/c1-2-26-13-6-4-3-5-12(13)16(25)21-9-15-23-22-14-8-7-11(10-24(14)15)17(18,19)20/h3-6,11H,2,7-10H2,1H3,(H,21,25)/t11-/m1/s1. The van der Waals surface area contributed by atoms with Crippen LogP contribution in [0.2, 0.25) is 0 Å². The normalized spacial score (nSPS) is 17.0. The largest absolute Gasteiger partial charge is 0.393 e. The van der Waals surface area contributed by atoms with E-state index in [0.717, 1.165) is 10.6 Å². The van der Waals surface area contributed by atoms with Crippen LogP contribution in [0, 0.1) is 5.92 Å². The summed E-state index contributed by atoms with van der Waals surface area (Å²) in [6.07, 6.45) is -3.98. The van der Waals surface area contributed by atoms with Gasteiger partial charge < -0.3 is 9.88 Å². The van der Waals surface area contributed by atoms with Gasteiger partial charge in [0.25, 0.3) is 5.91 Å². The zero-order valence-electron chi connectivity index (χ0n) is 14.2. The fourth-order valence-electron chi connectivity index (χ4n) is 2.97. The Morgan fingerprint density at radius 3 is 2.85 bits per heavy atom. The van der Waals surface area contributed by atoms with Gasteiger partial charge >= 0.3 is 6.18 Å². The fourth-order valence-corrected chi connectivity index (χ4v) is 3.77. The SMILES string of the molecule is CCSc1ccccc1C(=O)NCc1nnc2n1C[C@H](C(F)(F)F)CC2. The summed E-state index contributed by atoms with van der Waals surface area (Å²) in [4.78, 5) is 13.3. The molecule has 0 aliphatic carbocycles. The molecule has 0 saturated heterocycles. The highest BCUT2D eigenvalue weighted by Crippen LogP contribution is 2.34. The average Bonchev–Trinajstić information content (AvgIpc) is 3.02. The summed E-state index contributed by atoms with van der Waals surface area (Å²) >= 11 is 1.56. The number of benzene rings is 1. The van der Waals surface area contributed by atoms with Crippen LogP contribution in [-0.2, 0) is 19.5 Å². The Bertz CT molecular complexity index is 791. The van der Waals surface area contributed by atoms with E-state index in [1.54, 1.807) is 23.9 Å². The number of alkyl halides is 3.